The van der Waals surface area contributed by atoms with Crippen molar-refractivity contribution in [3.05, 3.63) is 0 Å². The molecule has 0 radical (unpaired) electrons. The molecule has 1 saturated heterocycles. The van der Waals surface area contributed by atoms with Crippen molar-refractivity contribution in [3.8, 4) is 0 Å². The van der Waals surface area contributed by atoms with Crippen molar-refractivity contribution in [2.75, 3.05) is 20.2 Å². The number of likely N-dealkylation sites (tertiary alicyclic amines) is 1. The molecule has 72 valence electrons. The summed E-state index contributed by atoms with van der Waals surface area (Å²) in [4.78, 5) is 1.73. The molecule has 0 aromatic heterocycles. The summed E-state index contributed by atoms with van der Waals surface area (Å²) in [6.07, 6.45) is -0.931. The smallest absolute Gasteiger partial charge is 0.287 e. The van der Waals surface area contributed by atoms with E-state index in [0.717, 1.165) is 0 Å². The molecular weight excluding hydrogens is 164 g/mol. The van der Waals surface area contributed by atoms with Crippen molar-refractivity contribution in [3.63, 3.8) is 0 Å². The Morgan fingerprint density at radius 2 is 2.08 bits per heavy atom. The van der Waals surface area contributed by atoms with E-state index >= 15 is 0 Å². The highest BCUT2D eigenvalue weighted by atomic mass is 19.3. The monoisotopic (exact) mass is 179 g/mol. The van der Waals surface area contributed by atoms with Crippen LogP contribution < -0.4 is 0 Å². The fourth-order valence-corrected chi connectivity index (χ4v) is 1.42. The zero-order valence-corrected chi connectivity index (χ0v) is 7.68. The molecule has 0 bridgehead atoms. The van der Waals surface area contributed by atoms with Crippen LogP contribution in [0.5, 0.6) is 0 Å². The maximum Gasteiger partial charge on any atom is 0.287 e. The van der Waals surface area contributed by atoms with E-state index in [4.69, 9.17) is 4.74 Å². The Morgan fingerprint density at radius 1 is 1.50 bits per heavy atom. The minimum absolute atomic E-state index is 0.163. The van der Waals surface area contributed by atoms with Gasteiger partial charge in [0.1, 0.15) is 6.10 Å². The van der Waals surface area contributed by atoms with Crippen molar-refractivity contribution in [2.24, 2.45) is 0 Å². The number of alkyl halides is 2. The van der Waals surface area contributed by atoms with Crippen LogP contribution in [0.3, 0.4) is 0 Å². The summed E-state index contributed by atoms with van der Waals surface area (Å²) in [5, 5.41) is 0. The minimum atomic E-state index is -2.68. The topological polar surface area (TPSA) is 12.5 Å². The van der Waals surface area contributed by atoms with Gasteiger partial charge in [0.05, 0.1) is 6.54 Å². The Bertz CT molecular complexity index is 161. The number of rotatable bonds is 2. The van der Waals surface area contributed by atoms with E-state index in [9.17, 15) is 8.78 Å². The molecule has 4 heteroatoms. The number of ether oxygens (including phenoxy) is 1. The van der Waals surface area contributed by atoms with Crippen LogP contribution in [-0.2, 0) is 4.74 Å². The lowest BCUT2D eigenvalue weighted by molar-refractivity contribution is -0.0901. The quantitative estimate of drug-likeness (QED) is 0.634. The standard InChI is InChI=1S/C8H15F2NO/c1-6(2)11-4-7(12-3)8(9,10)5-11/h6-7H,4-5H2,1-3H3. The maximum atomic E-state index is 13.1. The summed E-state index contributed by atoms with van der Waals surface area (Å²) in [5.74, 6) is -2.68. The third kappa shape index (κ3) is 1.75. The molecule has 1 heterocycles. The van der Waals surface area contributed by atoms with Gasteiger partial charge in [-0.05, 0) is 13.8 Å². The predicted molar refractivity (Wildman–Crippen MR) is 42.5 cm³/mol. The zero-order valence-electron chi connectivity index (χ0n) is 7.68. The van der Waals surface area contributed by atoms with Gasteiger partial charge in [0.25, 0.3) is 5.92 Å². The van der Waals surface area contributed by atoms with E-state index in [-0.39, 0.29) is 12.6 Å². The molecule has 0 aliphatic carbocycles. The van der Waals surface area contributed by atoms with Gasteiger partial charge in [0.2, 0.25) is 0 Å². The van der Waals surface area contributed by atoms with Gasteiger partial charge in [-0.15, -0.1) is 0 Å². The molecule has 0 aromatic carbocycles. The highest BCUT2D eigenvalue weighted by molar-refractivity contribution is 4.92. The summed E-state index contributed by atoms with van der Waals surface area (Å²) in [6.45, 7) is 3.98. The molecular formula is C8H15F2NO. The summed E-state index contributed by atoms with van der Waals surface area (Å²) in [5.41, 5.74) is 0. The van der Waals surface area contributed by atoms with E-state index in [1.807, 2.05) is 13.8 Å². The molecule has 0 spiro atoms. The Morgan fingerprint density at radius 3 is 2.33 bits per heavy atom. The lowest BCUT2D eigenvalue weighted by Gasteiger charge is -2.18. The number of halogens is 2. The Kier molecular flexibility index (Phi) is 2.68. The molecule has 1 rings (SSSR count). The lowest BCUT2D eigenvalue weighted by atomic mass is 10.2. The summed E-state index contributed by atoms with van der Waals surface area (Å²) < 4.78 is 30.8. The second-order valence-electron chi connectivity index (χ2n) is 3.51. The number of methoxy groups -OCH3 is 1. The van der Waals surface area contributed by atoms with Crippen molar-refractivity contribution in [1.82, 2.24) is 4.90 Å². The Hall–Kier alpha value is -0.220. The van der Waals surface area contributed by atoms with E-state index in [0.29, 0.717) is 6.54 Å². The molecule has 1 unspecified atom stereocenters. The first-order valence-electron chi connectivity index (χ1n) is 4.12. The van der Waals surface area contributed by atoms with E-state index in [1.54, 1.807) is 4.90 Å². The molecule has 0 N–H and O–H groups in total. The zero-order chi connectivity index (χ0) is 9.35. The lowest BCUT2D eigenvalue weighted by Crippen LogP contribution is -2.33. The van der Waals surface area contributed by atoms with E-state index in [2.05, 4.69) is 0 Å². The SMILES string of the molecule is COC1CN(C(C)C)CC1(F)F. The fraction of sp³-hybridized carbons (Fsp3) is 1.00. The molecule has 1 fully saturated rings. The van der Waals surface area contributed by atoms with Crippen LogP contribution in [0.15, 0.2) is 0 Å². The molecule has 12 heavy (non-hydrogen) atoms. The Labute approximate surface area is 71.5 Å². The van der Waals surface area contributed by atoms with Crippen LogP contribution in [0.1, 0.15) is 13.8 Å². The van der Waals surface area contributed by atoms with Crippen molar-refractivity contribution in [2.45, 2.75) is 31.9 Å². The first-order valence-corrected chi connectivity index (χ1v) is 4.12. The average molecular weight is 179 g/mol. The fourth-order valence-electron chi connectivity index (χ4n) is 1.42. The number of nitrogens with zero attached hydrogens (tertiary/aromatic N) is 1. The Balaban J connectivity index is 2.60. The van der Waals surface area contributed by atoms with Crippen LogP contribution in [0.4, 0.5) is 8.78 Å². The molecule has 0 aromatic rings. The highest BCUT2D eigenvalue weighted by Gasteiger charge is 2.48. The number of hydrogen-bond acceptors (Lipinski definition) is 2. The van der Waals surface area contributed by atoms with Gasteiger partial charge in [0.15, 0.2) is 0 Å². The molecule has 0 saturated carbocycles. The van der Waals surface area contributed by atoms with Crippen LogP contribution in [0, 0.1) is 0 Å². The third-order valence-electron chi connectivity index (χ3n) is 2.30. The van der Waals surface area contributed by atoms with E-state index in [1.165, 1.54) is 7.11 Å². The molecule has 1 aliphatic heterocycles. The normalized spacial score (nSPS) is 30.0. The third-order valence-corrected chi connectivity index (χ3v) is 2.30. The molecule has 1 atom stereocenters. The van der Waals surface area contributed by atoms with Crippen molar-refractivity contribution >= 4 is 0 Å². The minimum Gasteiger partial charge on any atom is -0.374 e. The van der Waals surface area contributed by atoms with Gasteiger partial charge in [-0.1, -0.05) is 0 Å². The summed E-state index contributed by atoms with van der Waals surface area (Å²) in [6, 6.07) is 0.163. The molecule has 2 nitrogen and oxygen atoms in total. The summed E-state index contributed by atoms with van der Waals surface area (Å²) in [7, 11) is 1.34. The van der Waals surface area contributed by atoms with Crippen LogP contribution in [0.25, 0.3) is 0 Å². The molecule has 0 amide bonds. The van der Waals surface area contributed by atoms with E-state index < -0.39 is 12.0 Å². The predicted octanol–water partition coefficient (Wildman–Crippen LogP) is 1.36. The second kappa shape index (κ2) is 3.26. The van der Waals surface area contributed by atoms with Gasteiger partial charge in [0, 0.05) is 19.7 Å². The maximum absolute atomic E-state index is 13.1. The van der Waals surface area contributed by atoms with Crippen molar-refractivity contribution in [1.29, 1.82) is 0 Å². The first-order chi connectivity index (χ1) is 5.47. The first kappa shape index (κ1) is 9.86. The largest absolute Gasteiger partial charge is 0.374 e. The van der Waals surface area contributed by atoms with Crippen LogP contribution >= 0.6 is 0 Å². The number of hydrogen-bond donors (Lipinski definition) is 0. The summed E-state index contributed by atoms with van der Waals surface area (Å²) >= 11 is 0. The highest BCUT2D eigenvalue weighted by Crippen LogP contribution is 2.30. The van der Waals surface area contributed by atoms with Crippen LogP contribution in [-0.4, -0.2) is 43.2 Å². The average Bonchev–Trinajstić information content (AvgIpc) is 2.25. The van der Waals surface area contributed by atoms with Gasteiger partial charge in [-0.25, -0.2) is 8.78 Å². The van der Waals surface area contributed by atoms with Gasteiger partial charge in [-0.3, -0.25) is 4.90 Å². The molecule has 1 aliphatic rings. The van der Waals surface area contributed by atoms with Crippen molar-refractivity contribution < 1.29 is 13.5 Å². The van der Waals surface area contributed by atoms with Gasteiger partial charge in [-0.2, -0.15) is 0 Å². The second-order valence-corrected chi connectivity index (χ2v) is 3.51. The van der Waals surface area contributed by atoms with Gasteiger partial charge >= 0.3 is 0 Å². The van der Waals surface area contributed by atoms with Crippen LogP contribution in [0.2, 0.25) is 0 Å². The van der Waals surface area contributed by atoms with Gasteiger partial charge < -0.3 is 4.74 Å².